The third-order valence-corrected chi connectivity index (χ3v) is 3.65. The SMILES string of the molecule is CCNCCc1nc(-c2cnc3ccsc3c2)no1. The highest BCUT2D eigenvalue weighted by Crippen LogP contribution is 2.24. The molecule has 19 heavy (non-hydrogen) atoms. The summed E-state index contributed by atoms with van der Waals surface area (Å²) >= 11 is 1.66. The van der Waals surface area contributed by atoms with Crippen LogP contribution in [0.1, 0.15) is 12.8 Å². The molecular formula is C13H14N4OS. The fraction of sp³-hybridized carbons (Fsp3) is 0.308. The zero-order valence-corrected chi connectivity index (χ0v) is 11.4. The Morgan fingerprint density at radius 1 is 1.42 bits per heavy atom. The van der Waals surface area contributed by atoms with Gasteiger partial charge in [0.2, 0.25) is 11.7 Å². The molecule has 3 rings (SSSR count). The van der Waals surface area contributed by atoms with E-state index in [0.29, 0.717) is 11.7 Å². The van der Waals surface area contributed by atoms with Gasteiger partial charge in [-0.2, -0.15) is 4.98 Å². The summed E-state index contributed by atoms with van der Waals surface area (Å²) in [5, 5.41) is 9.26. The molecule has 5 nitrogen and oxygen atoms in total. The molecule has 0 fully saturated rings. The van der Waals surface area contributed by atoms with Crippen LogP contribution in [0.5, 0.6) is 0 Å². The summed E-state index contributed by atoms with van der Waals surface area (Å²) in [7, 11) is 0. The number of nitrogens with zero attached hydrogens (tertiary/aromatic N) is 3. The minimum absolute atomic E-state index is 0.606. The van der Waals surface area contributed by atoms with Crippen molar-refractivity contribution in [1.82, 2.24) is 20.4 Å². The van der Waals surface area contributed by atoms with Gasteiger partial charge in [-0.3, -0.25) is 4.98 Å². The summed E-state index contributed by atoms with van der Waals surface area (Å²) in [4.78, 5) is 8.77. The molecule has 6 heteroatoms. The molecule has 0 unspecified atom stereocenters. The van der Waals surface area contributed by atoms with Crippen LogP contribution in [0, 0.1) is 0 Å². The maximum absolute atomic E-state index is 5.23. The standard InChI is InChI=1S/C13H14N4OS/c1-2-14-5-3-12-16-13(17-18-12)9-7-11-10(15-8-9)4-6-19-11/h4,6-8,14H,2-3,5H2,1H3. The maximum atomic E-state index is 5.23. The van der Waals surface area contributed by atoms with Crippen molar-refractivity contribution in [3.05, 3.63) is 29.6 Å². The Morgan fingerprint density at radius 3 is 3.26 bits per heavy atom. The molecule has 1 N–H and O–H groups in total. The van der Waals surface area contributed by atoms with E-state index in [1.54, 1.807) is 17.5 Å². The highest BCUT2D eigenvalue weighted by atomic mass is 32.1. The van der Waals surface area contributed by atoms with Gasteiger partial charge in [-0.05, 0) is 24.1 Å². The molecule has 0 saturated carbocycles. The van der Waals surface area contributed by atoms with Gasteiger partial charge < -0.3 is 9.84 Å². The van der Waals surface area contributed by atoms with Crippen molar-refractivity contribution < 1.29 is 4.52 Å². The van der Waals surface area contributed by atoms with E-state index >= 15 is 0 Å². The Balaban J connectivity index is 1.81. The van der Waals surface area contributed by atoms with Crippen LogP contribution in [0.15, 0.2) is 28.2 Å². The summed E-state index contributed by atoms with van der Waals surface area (Å²) in [5.41, 5.74) is 1.90. The molecule has 0 atom stereocenters. The number of hydrogen-bond donors (Lipinski definition) is 1. The molecule has 0 amide bonds. The van der Waals surface area contributed by atoms with E-state index in [9.17, 15) is 0 Å². The number of aromatic nitrogens is 3. The lowest BCUT2D eigenvalue weighted by Crippen LogP contribution is -2.16. The van der Waals surface area contributed by atoms with Crippen LogP contribution < -0.4 is 5.32 Å². The van der Waals surface area contributed by atoms with Crippen LogP contribution in [-0.2, 0) is 6.42 Å². The monoisotopic (exact) mass is 274 g/mol. The Kier molecular flexibility index (Phi) is 3.52. The van der Waals surface area contributed by atoms with E-state index in [-0.39, 0.29) is 0 Å². The number of pyridine rings is 1. The van der Waals surface area contributed by atoms with Crippen molar-refractivity contribution in [1.29, 1.82) is 0 Å². The van der Waals surface area contributed by atoms with Crippen LogP contribution >= 0.6 is 11.3 Å². The van der Waals surface area contributed by atoms with Gasteiger partial charge in [0.05, 0.1) is 10.2 Å². The highest BCUT2D eigenvalue weighted by Gasteiger charge is 2.09. The topological polar surface area (TPSA) is 63.8 Å². The van der Waals surface area contributed by atoms with Crippen molar-refractivity contribution in [3.63, 3.8) is 0 Å². The highest BCUT2D eigenvalue weighted by molar-refractivity contribution is 7.17. The predicted molar refractivity (Wildman–Crippen MR) is 75.2 cm³/mol. The van der Waals surface area contributed by atoms with Crippen molar-refractivity contribution in [3.8, 4) is 11.4 Å². The van der Waals surface area contributed by atoms with Crippen LogP contribution in [0.4, 0.5) is 0 Å². The zero-order valence-electron chi connectivity index (χ0n) is 10.6. The first-order valence-corrected chi connectivity index (χ1v) is 7.11. The summed E-state index contributed by atoms with van der Waals surface area (Å²) in [6.07, 6.45) is 2.53. The molecule has 3 heterocycles. The predicted octanol–water partition coefficient (Wildman–Crippen LogP) is 2.50. The Labute approximate surface area is 114 Å². The minimum Gasteiger partial charge on any atom is -0.339 e. The molecule has 0 aromatic carbocycles. The first-order chi connectivity index (χ1) is 9.36. The first kappa shape index (κ1) is 12.3. The Hall–Kier alpha value is -1.79. The smallest absolute Gasteiger partial charge is 0.228 e. The number of nitrogens with one attached hydrogen (secondary N) is 1. The van der Waals surface area contributed by atoms with E-state index < -0.39 is 0 Å². The second kappa shape index (κ2) is 5.46. The van der Waals surface area contributed by atoms with E-state index in [1.807, 2.05) is 17.5 Å². The van der Waals surface area contributed by atoms with E-state index in [4.69, 9.17) is 4.52 Å². The van der Waals surface area contributed by atoms with Gasteiger partial charge in [-0.25, -0.2) is 0 Å². The van der Waals surface area contributed by atoms with Gasteiger partial charge in [0.25, 0.3) is 0 Å². The fourth-order valence-corrected chi connectivity index (χ4v) is 2.59. The van der Waals surface area contributed by atoms with Crippen molar-refractivity contribution in [2.45, 2.75) is 13.3 Å². The first-order valence-electron chi connectivity index (χ1n) is 6.23. The molecule has 0 bridgehead atoms. The molecule has 0 saturated heterocycles. The molecule has 0 aliphatic carbocycles. The average molecular weight is 274 g/mol. The summed E-state index contributed by atoms with van der Waals surface area (Å²) < 4.78 is 6.37. The molecular weight excluding hydrogens is 260 g/mol. The lowest BCUT2D eigenvalue weighted by molar-refractivity contribution is 0.377. The molecule has 98 valence electrons. The molecule has 0 radical (unpaired) electrons. The molecule has 3 aromatic heterocycles. The molecule has 0 aliphatic heterocycles. The zero-order chi connectivity index (χ0) is 13.1. The average Bonchev–Trinajstić information content (AvgIpc) is 3.06. The van der Waals surface area contributed by atoms with Gasteiger partial charge in [-0.1, -0.05) is 12.1 Å². The van der Waals surface area contributed by atoms with Gasteiger partial charge in [-0.15, -0.1) is 11.3 Å². The third-order valence-electron chi connectivity index (χ3n) is 2.79. The van der Waals surface area contributed by atoms with E-state index in [1.165, 1.54) is 0 Å². The minimum atomic E-state index is 0.606. The quantitative estimate of drug-likeness (QED) is 0.724. The van der Waals surface area contributed by atoms with E-state index in [0.717, 1.165) is 35.3 Å². The van der Waals surface area contributed by atoms with E-state index in [2.05, 4.69) is 27.4 Å². The molecule has 3 aromatic rings. The lowest BCUT2D eigenvalue weighted by Gasteiger charge is -1.95. The second-order valence-electron chi connectivity index (χ2n) is 4.14. The van der Waals surface area contributed by atoms with Crippen molar-refractivity contribution in [2.24, 2.45) is 0 Å². The Morgan fingerprint density at radius 2 is 2.37 bits per heavy atom. The van der Waals surface area contributed by atoms with Crippen LogP contribution in [-0.4, -0.2) is 28.2 Å². The van der Waals surface area contributed by atoms with Crippen LogP contribution in [0.3, 0.4) is 0 Å². The third kappa shape index (κ3) is 2.64. The summed E-state index contributed by atoms with van der Waals surface area (Å²) in [5.74, 6) is 1.26. The summed E-state index contributed by atoms with van der Waals surface area (Å²) in [6, 6.07) is 4.05. The Bertz CT molecular complexity index is 676. The second-order valence-corrected chi connectivity index (χ2v) is 5.09. The van der Waals surface area contributed by atoms with Crippen molar-refractivity contribution in [2.75, 3.05) is 13.1 Å². The fourth-order valence-electron chi connectivity index (χ4n) is 1.81. The van der Waals surface area contributed by atoms with Gasteiger partial charge in [0, 0.05) is 24.7 Å². The number of hydrogen-bond acceptors (Lipinski definition) is 6. The normalized spacial score (nSPS) is 11.2. The maximum Gasteiger partial charge on any atom is 0.228 e. The van der Waals surface area contributed by atoms with Crippen LogP contribution in [0.2, 0.25) is 0 Å². The number of fused-ring (bicyclic) bond motifs is 1. The number of likely N-dealkylation sites (N-methyl/N-ethyl adjacent to an activating group) is 1. The molecule has 0 spiro atoms. The van der Waals surface area contributed by atoms with Crippen LogP contribution in [0.25, 0.3) is 21.6 Å². The van der Waals surface area contributed by atoms with Crippen molar-refractivity contribution >= 4 is 21.6 Å². The van der Waals surface area contributed by atoms with Gasteiger partial charge >= 0.3 is 0 Å². The van der Waals surface area contributed by atoms with Gasteiger partial charge in [0.1, 0.15) is 0 Å². The largest absolute Gasteiger partial charge is 0.339 e. The number of rotatable bonds is 5. The summed E-state index contributed by atoms with van der Waals surface area (Å²) in [6.45, 7) is 3.86. The number of thiophene rings is 1. The molecule has 0 aliphatic rings. The van der Waals surface area contributed by atoms with Gasteiger partial charge in [0.15, 0.2) is 0 Å². The lowest BCUT2D eigenvalue weighted by atomic mass is 10.2.